The molecule has 1 aromatic heterocycles. The first-order valence-corrected chi connectivity index (χ1v) is 3.67. The second-order valence-electron chi connectivity index (χ2n) is 1.78. The van der Waals surface area contributed by atoms with Crippen LogP contribution in [0.4, 0.5) is 0 Å². The smallest absolute Gasteiger partial charge is 0.111 e. The Bertz CT molecular complexity index is 176. The van der Waals surface area contributed by atoms with Gasteiger partial charge in [0.15, 0.2) is 0 Å². The molecule has 0 aliphatic rings. The molecule has 0 aromatic carbocycles. The monoisotopic (exact) mass is 156 g/mol. The maximum atomic E-state index is 8.62. The zero-order valence-corrected chi connectivity index (χ0v) is 6.14. The van der Waals surface area contributed by atoms with Crippen LogP contribution >= 0.6 is 11.9 Å². The van der Waals surface area contributed by atoms with Crippen LogP contribution in [0.2, 0.25) is 0 Å². The predicted molar refractivity (Wildman–Crippen MR) is 40.2 cm³/mol. The van der Waals surface area contributed by atoms with E-state index in [4.69, 9.17) is 10.2 Å². The molecule has 0 radical (unpaired) electrons. The van der Waals surface area contributed by atoms with Gasteiger partial charge in [-0.05, 0) is 23.6 Å². The van der Waals surface area contributed by atoms with Gasteiger partial charge in [-0.15, -0.1) is 0 Å². The summed E-state index contributed by atoms with van der Waals surface area (Å²) >= 11 is 1.10. The summed E-state index contributed by atoms with van der Waals surface area (Å²) in [6, 6.07) is 3.57. The van der Waals surface area contributed by atoms with Crippen LogP contribution in [0.3, 0.4) is 0 Å². The quantitative estimate of drug-likeness (QED) is 0.613. The maximum Gasteiger partial charge on any atom is 0.111 e. The maximum absolute atomic E-state index is 8.62. The van der Waals surface area contributed by atoms with E-state index in [1.54, 1.807) is 18.3 Å². The molecule has 0 aliphatic carbocycles. The summed E-state index contributed by atoms with van der Waals surface area (Å²) in [5.74, 6) is 0. The number of pyridine rings is 1. The number of hydrogen-bond donors (Lipinski definition) is 2. The molecule has 4 heteroatoms. The first kappa shape index (κ1) is 7.53. The Morgan fingerprint density at radius 1 is 1.60 bits per heavy atom. The number of nitrogens with zero attached hydrogens (tertiary/aromatic N) is 1. The molecule has 10 heavy (non-hydrogen) atoms. The molecular formula is C6H8N2OS. The average molecular weight is 156 g/mol. The molecule has 0 bridgehead atoms. The van der Waals surface area contributed by atoms with Crippen LogP contribution in [0, 0.1) is 0 Å². The van der Waals surface area contributed by atoms with E-state index in [-0.39, 0.29) is 6.61 Å². The van der Waals surface area contributed by atoms with Gasteiger partial charge in [0.25, 0.3) is 0 Å². The van der Waals surface area contributed by atoms with E-state index in [0.717, 1.165) is 22.5 Å². The summed E-state index contributed by atoms with van der Waals surface area (Å²) in [5.41, 5.74) is 0.804. The SMILES string of the molecule is NSc1ccc(CO)cn1. The summed E-state index contributed by atoms with van der Waals surface area (Å²) < 4.78 is 0. The van der Waals surface area contributed by atoms with Gasteiger partial charge >= 0.3 is 0 Å². The third-order valence-corrected chi connectivity index (χ3v) is 1.58. The zero-order valence-electron chi connectivity index (χ0n) is 5.32. The summed E-state index contributed by atoms with van der Waals surface area (Å²) in [5, 5.41) is 14.6. The van der Waals surface area contributed by atoms with Crippen molar-refractivity contribution in [3.05, 3.63) is 23.9 Å². The van der Waals surface area contributed by atoms with Crippen LogP contribution in [-0.4, -0.2) is 10.1 Å². The Balaban J connectivity index is 2.80. The van der Waals surface area contributed by atoms with Crippen molar-refractivity contribution in [1.82, 2.24) is 4.98 Å². The first-order chi connectivity index (χ1) is 4.86. The Labute approximate surface area is 63.4 Å². The van der Waals surface area contributed by atoms with Gasteiger partial charge in [0.2, 0.25) is 0 Å². The van der Waals surface area contributed by atoms with Crippen molar-refractivity contribution in [3.8, 4) is 0 Å². The standard InChI is InChI=1S/C6H8N2OS/c7-10-6-2-1-5(4-9)3-8-6/h1-3,9H,4,7H2. The third kappa shape index (κ3) is 1.70. The van der Waals surface area contributed by atoms with Crippen molar-refractivity contribution in [2.45, 2.75) is 11.6 Å². The highest BCUT2D eigenvalue weighted by Crippen LogP contribution is 2.07. The molecule has 0 atom stereocenters. The van der Waals surface area contributed by atoms with Crippen molar-refractivity contribution in [3.63, 3.8) is 0 Å². The molecule has 0 saturated carbocycles. The largest absolute Gasteiger partial charge is 0.392 e. The van der Waals surface area contributed by atoms with E-state index < -0.39 is 0 Å². The number of nitrogens with two attached hydrogens (primary N) is 1. The van der Waals surface area contributed by atoms with E-state index in [1.807, 2.05) is 0 Å². The first-order valence-electron chi connectivity index (χ1n) is 2.79. The fourth-order valence-electron chi connectivity index (χ4n) is 0.574. The lowest BCUT2D eigenvalue weighted by Crippen LogP contribution is -1.87. The van der Waals surface area contributed by atoms with Crippen molar-refractivity contribution >= 4 is 11.9 Å². The van der Waals surface area contributed by atoms with E-state index in [9.17, 15) is 0 Å². The zero-order chi connectivity index (χ0) is 7.40. The van der Waals surface area contributed by atoms with E-state index >= 15 is 0 Å². The lowest BCUT2D eigenvalue weighted by atomic mass is 10.3. The van der Waals surface area contributed by atoms with Gasteiger partial charge in [0.1, 0.15) is 5.03 Å². The summed E-state index contributed by atoms with van der Waals surface area (Å²) in [6.45, 7) is 0.0303. The van der Waals surface area contributed by atoms with Crippen molar-refractivity contribution in [2.24, 2.45) is 5.14 Å². The van der Waals surface area contributed by atoms with Gasteiger partial charge in [-0.3, -0.25) is 5.14 Å². The average Bonchev–Trinajstić information content (AvgIpc) is 2.05. The molecule has 0 amide bonds. The second-order valence-corrected chi connectivity index (χ2v) is 2.43. The molecular weight excluding hydrogens is 148 g/mol. The normalized spacial score (nSPS) is 9.80. The minimum Gasteiger partial charge on any atom is -0.392 e. The van der Waals surface area contributed by atoms with Gasteiger partial charge in [-0.2, -0.15) is 0 Å². The van der Waals surface area contributed by atoms with Gasteiger partial charge in [-0.25, -0.2) is 4.98 Å². The lowest BCUT2D eigenvalue weighted by molar-refractivity contribution is 0.281. The highest BCUT2D eigenvalue weighted by atomic mass is 32.2. The third-order valence-electron chi connectivity index (χ3n) is 1.10. The molecule has 1 heterocycles. The fraction of sp³-hybridized carbons (Fsp3) is 0.167. The molecule has 3 nitrogen and oxygen atoms in total. The van der Waals surface area contributed by atoms with Gasteiger partial charge in [-0.1, -0.05) is 6.07 Å². The Kier molecular flexibility index (Phi) is 2.68. The molecule has 54 valence electrons. The molecule has 0 saturated heterocycles. The fourth-order valence-corrected chi connectivity index (χ4v) is 0.834. The molecule has 0 spiro atoms. The number of hydrogen-bond acceptors (Lipinski definition) is 4. The number of aliphatic hydroxyl groups is 1. The summed E-state index contributed by atoms with van der Waals surface area (Å²) in [7, 11) is 0. The highest BCUT2D eigenvalue weighted by Gasteiger charge is 1.91. The highest BCUT2D eigenvalue weighted by molar-refractivity contribution is 7.97. The van der Waals surface area contributed by atoms with Crippen LogP contribution in [0.1, 0.15) is 5.56 Å². The minimum absolute atomic E-state index is 0.0303. The van der Waals surface area contributed by atoms with Crippen LogP contribution < -0.4 is 5.14 Å². The van der Waals surface area contributed by atoms with Crippen molar-refractivity contribution in [2.75, 3.05) is 0 Å². The van der Waals surface area contributed by atoms with Crippen LogP contribution in [0.15, 0.2) is 23.4 Å². The number of aliphatic hydroxyl groups excluding tert-OH is 1. The Hall–Kier alpha value is -0.580. The Morgan fingerprint density at radius 3 is 2.80 bits per heavy atom. The van der Waals surface area contributed by atoms with Crippen molar-refractivity contribution < 1.29 is 5.11 Å². The van der Waals surface area contributed by atoms with Gasteiger partial charge < -0.3 is 5.11 Å². The summed E-state index contributed by atoms with van der Waals surface area (Å²) in [4.78, 5) is 3.95. The van der Waals surface area contributed by atoms with Gasteiger partial charge in [0.05, 0.1) is 6.61 Å². The molecule has 0 fully saturated rings. The van der Waals surface area contributed by atoms with E-state index in [1.165, 1.54) is 0 Å². The predicted octanol–water partition coefficient (Wildman–Crippen LogP) is 0.540. The van der Waals surface area contributed by atoms with Crippen LogP contribution in [-0.2, 0) is 6.61 Å². The topological polar surface area (TPSA) is 59.1 Å². The molecule has 0 unspecified atom stereocenters. The van der Waals surface area contributed by atoms with Crippen molar-refractivity contribution in [1.29, 1.82) is 0 Å². The molecule has 3 N–H and O–H groups in total. The number of aromatic nitrogens is 1. The molecule has 1 aromatic rings. The Morgan fingerprint density at radius 2 is 2.40 bits per heavy atom. The van der Waals surface area contributed by atoms with E-state index in [2.05, 4.69) is 4.98 Å². The molecule has 0 aliphatic heterocycles. The summed E-state index contributed by atoms with van der Waals surface area (Å²) in [6.07, 6.45) is 1.61. The second kappa shape index (κ2) is 3.55. The van der Waals surface area contributed by atoms with Crippen LogP contribution in [0.5, 0.6) is 0 Å². The van der Waals surface area contributed by atoms with E-state index in [0.29, 0.717) is 0 Å². The van der Waals surface area contributed by atoms with Crippen LogP contribution in [0.25, 0.3) is 0 Å². The number of rotatable bonds is 2. The molecule has 1 rings (SSSR count). The minimum atomic E-state index is 0.0303. The lowest BCUT2D eigenvalue weighted by Gasteiger charge is -1.95. The van der Waals surface area contributed by atoms with Gasteiger partial charge in [0, 0.05) is 6.20 Å².